The summed E-state index contributed by atoms with van der Waals surface area (Å²) >= 11 is 1.56. The highest BCUT2D eigenvalue weighted by Gasteiger charge is 2.26. The monoisotopic (exact) mass is 383 g/mol. The van der Waals surface area contributed by atoms with Gasteiger partial charge in [0.15, 0.2) is 0 Å². The molecule has 0 aliphatic rings. The van der Waals surface area contributed by atoms with Gasteiger partial charge in [0.1, 0.15) is 5.69 Å². The number of thiophene rings is 1. The first-order chi connectivity index (χ1) is 11.8. The lowest BCUT2D eigenvalue weighted by Gasteiger charge is -2.21. The molecule has 0 spiro atoms. The molecule has 1 aromatic heterocycles. The van der Waals surface area contributed by atoms with Crippen LogP contribution in [0.2, 0.25) is 0 Å². The number of hydrogen-bond acceptors (Lipinski definition) is 6. The average molecular weight is 383 g/mol. The molecule has 136 valence electrons. The van der Waals surface area contributed by atoms with Crippen molar-refractivity contribution in [3.8, 4) is 0 Å². The van der Waals surface area contributed by atoms with Crippen LogP contribution in [0.1, 0.15) is 19.4 Å². The Morgan fingerprint density at radius 2 is 1.88 bits per heavy atom. The van der Waals surface area contributed by atoms with Crippen LogP contribution in [0, 0.1) is 10.1 Å². The lowest BCUT2D eigenvalue weighted by Crippen LogP contribution is -2.30. The Morgan fingerprint density at radius 3 is 2.40 bits per heavy atom. The van der Waals surface area contributed by atoms with Crippen LogP contribution in [0.5, 0.6) is 0 Å². The molecule has 0 saturated heterocycles. The van der Waals surface area contributed by atoms with Crippen molar-refractivity contribution in [3.63, 3.8) is 0 Å². The standard InChI is InChI=1S/C16H21N3O4S2/c1-4-18(5-2)25(22,23)14-6-7-15(16(10-14)19(20)21)17(3)11-13-8-9-24-12-13/h6-10,12H,4-5,11H2,1-3H3. The van der Waals surface area contributed by atoms with Crippen LogP contribution in [-0.2, 0) is 16.6 Å². The van der Waals surface area contributed by atoms with E-state index in [0.717, 1.165) is 11.6 Å². The number of nitrogens with zero attached hydrogens (tertiary/aromatic N) is 3. The minimum atomic E-state index is -3.74. The van der Waals surface area contributed by atoms with Gasteiger partial charge in [-0.3, -0.25) is 10.1 Å². The van der Waals surface area contributed by atoms with E-state index in [4.69, 9.17) is 0 Å². The van der Waals surface area contributed by atoms with Gasteiger partial charge in [-0.15, -0.1) is 0 Å². The first-order valence-electron chi connectivity index (χ1n) is 7.82. The summed E-state index contributed by atoms with van der Waals surface area (Å²) in [6.45, 7) is 4.60. The van der Waals surface area contributed by atoms with Crippen molar-refractivity contribution in [2.45, 2.75) is 25.3 Å². The normalized spacial score (nSPS) is 11.7. The molecule has 0 aliphatic carbocycles. The molecule has 1 heterocycles. The quantitative estimate of drug-likeness (QED) is 0.516. The van der Waals surface area contributed by atoms with E-state index >= 15 is 0 Å². The number of rotatable bonds is 8. The predicted molar refractivity (Wildman–Crippen MR) is 99.6 cm³/mol. The van der Waals surface area contributed by atoms with Crippen molar-refractivity contribution in [1.82, 2.24) is 4.31 Å². The van der Waals surface area contributed by atoms with Crippen LogP contribution in [-0.4, -0.2) is 37.8 Å². The van der Waals surface area contributed by atoms with Crippen molar-refractivity contribution in [3.05, 3.63) is 50.7 Å². The molecule has 0 atom stereocenters. The second-order valence-electron chi connectivity index (χ2n) is 5.48. The summed E-state index contributed by atoms with van der Waals surface area (Å²) in [5.41, 5.74) is 1.21. The zero-order valence-electron chi connectivity index (χ0n) is 14.4. The summed E-state index contributed by atoms with van der Waals surface area (Å²) in [7, 11) is -1.99. The Kier molecular flexibility index (Phi) is 6.15. The topological polar surface area (TPSA) is 83.8 Å². The third-order valence-corrected chi connectivity index (χ3v) is 6.68. The Balaban J connectivity index is 2.42. The van der Waals surface area contributed by atoms with Gasteiger partial charge < -0.3 is 4.90 Å². The van der Waals surface area contributed by atoms with E-state index in [9.17, 15) is 18.5 Å². The van der Waals surface area contributed by atoms with Crippen LogP contribution in [0.4, 0.5) is 11.4 Å². The molecule has 0 amide bonds. The van der Waals surface area contributed by atoms with Crippen LogP contribution < -0.4 is 4.90 Å². The molecule has 0 unspecified atom stereocenters. The number of hydrogen-bond donors (Lipinski definition) is 0. The summed E-state index contributed by atoms with van der Waals surface area (Å²) in [6.07, 6.45) is 0. The Hall–Kier alpha value is -1.97. The summed E-state index contributed by atoms with van der Waals surface area (Å²) in [5.74, 6) is 0. The first kappa shape index (κ1) is 19.4. The molecule has 9 heteroatoms. The second kappa shape index (κ2) is 7.94. The average Bonchev–Trinajstić information content (AvgIpc) is 3.08. The van der Waals surface area contributed by atoms with Crippen LogP contribution in [0.3, 0.4) is 0 Å². The molecule has 0 aliphatic heterocycles. The van der Waals surface area contributed by atoms with Crippen LogP contribution in [0.15, 0.2) is 39.9 Å². The Morgan fingerprint density at radius 1 is 1.20 bits per heavy atom. The summed E-state index contributed by atoms with van der Waals surface area (Å²) in [6, 6.07) is 6.03. The number of nitro benzene ring substituents is 1. The SMILES string of the molecule is CCN(CC)S(=O)(=O)c1ccc(N(C)Cc2ccsc2)c([N+](=O)[O-])c1. The molecule has 1 aromatic carbocycles. The fourth-order valence-electron chi connectivity index (χ4n) is 2.59. The molecule has 25 heavy (non-hydrogen) atoms. The van der Waals surface area contributed by atoms with E-state index < -0.39 is 14.9 Å². The highest BCUT2D eigenvalue weighted by Crippen LogP contribution is 2.32. The van der Waals surface area contributed by atoms with E-state index in [1.54, 1.807) is 37.1 Å². The highest BCUT2D eigenvalue weighted by atomic mass is 32.2. The van der Waals surface area contributed by atoms with Crippen LogP contribution in [0.25, 0.3) is 0 Å². The minimum Gasteiger partial charge on any atom is -0.365 e. The molecule has 2 aromatic rings. The number of benzene rings is 1. The maximum absolute atomic E-state index is 12.6. The molecule has 0 fully saturated rings. The fraction of sp³-hybridized carbons (Fsp3) is 0.375. The van der Waals surface area contributed by atoms with Crippen molar-refractivity contribution >= 4 is 32.7 Å². The smallest absolute Gasteiger partial charge is 0.293 e. The third kappa shape index (κ3) is 4.17. The number of nitro groups is 1. The summed E-state index contributed by atoms with van der Waals surface area (Å²) in [4.78, 5) is 12.6. The van der Waals surface area contributed by atoms with Gasteiger partial charge in [0, 0.05) is 32.7 Å². The molecular weight excluding hydrogens is 362 g/mol. The summed E-state index contributed by atoms with van der Waals surface area (Å²) in [5, 5.41) is 15.4. The maximum atomic E-state index is 12.6. The van der Waals surface area contributed by atoms with Gasteiger partial charge in [-0.2, -0.15) is 15.6 Å². The predicted octanol–water partition coefficient (Wildman–Crippen LogP) is 3.32. The Bertz CT molecular complexity index is 831. The van der Waals surface area contributed by atoms with Crippen LogP contribution >= 0.6 is 11.3 Å². The molecule has 0 saturated carbocycles. The number of anilines is 1. The van der Waals surface area contributed by atoms with Gasteiger partial charge in [-0.1, -0.05) is 13.8 Å². The molecule has 0 N–H and O–H groups in total. The molecule has 0 bridgehead atoms. The third-order valence-electron chi connectivity index (χ3n) is 3.90. The molecule has 2 rings (SSSR count). The van der Waals surface area contributed by atoms with Crippen molar-refractivity contribution in [2.24, 2.45) is 0 Å². The Labute approximate surface area is 151 Å². The van der Waals surface area contributed by atoms with E-state index in [-0.39, 0.29) is 10.6 Å². The summed E-state index contributed by atoms with van der Waals surface area (Å²) < 4.78 is 26.5. The molecular formula is C16H21N3O4S2. The van der Waals surface area contributed by atoms with Crippen molar-refractivity contribution in [1.29, 1.82) is 0 Å². The molecule has 0 radical (unpaired) electrons. The zero-order chi connectivity index (χ0) is 18.6. The van der Waals surface area contributed by atoms with E-state index in [1.807, 2.05) is 16.8 Å². The lowest BCUT2D eigenvalue weighted by atomic mass is 10.2. The second-order valence-corrected chi connectivity index (χ2v) is 8.20. The minimum absolute atomic E-state index is 0.0596. The van der Waals surface area contributed by atoms with Gasteiger partial charge >= 0.3 is 0 Å². The number of sulfonamides is 1. The van der Waals surface area contributed by atoms with Gasteiger partial charge in [0.25, 0.3) is 5.69 Å². The lowest BCUT2D eigenvalue weighted by molar-refractivity contribution is -0.384. The van der Waals surface area contributed by atoms with Crippen molar-refractivity contribution < 1.29 is 13.3 Å². The van der Waals surface area contributed by atoms with E-state index in [0.29, 0.717) is 25.3 Å². The molecule has 7 nitrogen and oxygen atoms in total. The zero-order valence-corrected chi connectivity index (χ0v) is 16.0. The van der Waals surface area contributed by atoms with Gasteiger partial charge in [0.05, 0.1) is 9.82 Å². The van der Waals surface area contributed by atoms with Gasteiger partial charge in [0.2, 0.25) is 10.0 Å². The maximum Gasteiger partial charge on any atom is 0.293 e. The van der Waals surface area contributed by atoms with E-state index in [2.05, 4.69) is 0 Å². The van der Waals surface area contributed by atoms with E-state index in [1.165, 1.54) is 16.4 Å². The first-order valence-corrected chi connectivity index (χ1v) is 10.2. The van der Waals surface area contributed by atoms with Gasteiger partial charge in [-0.25, -0.2) is 8.42 Å². The van der Waals surface area contributed by atoms with Crippen molar-refractivity contribution in [2.75, 3.05) is 25.0 Å². The van der Waals surface area contributed by atoms with Gasteiger partial charge in [-0.05, 0) is 34.5 Å². The fourth-order valence-corrected chi connectivity index (χ4v) is 4.73. The highest BCUT2D eigenvalue weighted by molar-refractivity contribution is 7.89. The largest absolute Gasteiger partial charge is 0.365 e.